The van der Waals surface area contributed by atoms with E-state index in [1.54, 1.807) is 30.3 Å². The summed E-state index contributed by atoms with van der Waals surface area (Å²) in [6.07, 6.45) is 0. The summed E-state index contributed by atoms with van der Waals surface area (Å²) in [7, 11) is -4.04. The molecule has 0 heterocycles. The van der Waals surface area contributed by atoms with Crippen molar-refractivity contribution >= 4 is 26.0 Å². The fourth-order valence-corrected chi connectivity index (χ4v) is 1.58. The Hall–Kier alpha value is 0.610. The van der Waals surface area contributed by atoms with Gasteiger partial charge in [0.25, 0.3) is 10.1 Å². The number of halogens is 1. The van der Waals surface area contributed by atoms with E-state index in [0.29, 0.717) is 5.56 Å². The average Bonchev–Trinajstić information content (AvgIpc) is 2.03. The molecule has 1 rings (SSSR count). The number of rotatable bonds is 2. The van der Waals surface area contributed by atoms with Crippen molar-refractivity contribution in [3.05, 3.63) is 35.9 Å². The van der Waals surface area contributed by atoms with Gasteiger partial charge in [0, 0.05) is 0 Å². The van der Waals surface area contributed by atoms with Crippen LogP contribution in [0.4, 0.5) is 0 Å². The Kier molecular flexibility index (Phi) is 5.74. The monoisotopic (exact) mass is 273 g/mol. The second-order valence-corrected chi connectivity index (χ2v) is 5.26. The van der Waals surface area contributed by atoms with Crippen LogP contribution in [0, 0.1) is 0 Å². The van der Waals surface area contributed by atoms with Crippen LogP contribution in [-0.4, -0.2) is 13.0 Å². The molecule has 0 bridgehead atoms. The third kappa shape index (κ3) is 4.10. The summed E-state index contributed by atoms with van der Waals surface area (Å²) in [6, 6.07) is 8.41. The van der Waals surface area contributed by atoms with Crippen LogP contribution in [0.25, 0.3) is 0 Å². The number of hydrogen-bond acceptors (Lipinski definition) is 2. The van der Waals surface area contributed by atoms with Gasteiger partial charge < -0.3 is 0 Å². The summed E-state index contributed by atoms with van der Waals surface area (Å²) in [5.41, 5.74) is 0.514. The molecule has 0 fully saturated rings. The van der Waals surface area contributed by atoms with E-state index in [0.717, 1.165) is 0 Å². The van der Waals surface area contributed by atoms with Crippen molar-refractivity contribution in [2.75, 3.05) is 0 Å². The van der Waals surface area contributed by atoms with Crippen molar-refractivity contribution in [1.82, 2.24) is 0 Å². The summed E-state index contributed by atoms with van der Waals surface area (Å²) in [4.78, 5) is 0. The van der Waals surface area contributed by atoms with Crippen molar-refractivity contribution in [1.29, 1.82) is 0 Å². The first kappa shape index (κ1) is 13.6. The summed E-state index contributed by atoms with van der Waals surface area (Å²) < 4.78 is 28.9. The van der Waals surface area contributed by atoms with Crippen molar-refractivity contribution in [2.24, 2.45) is 0 Å². The van der Waals surface area contributed by atoms with Gasteiger partial charge >= 0.3 is 29.6 Å². The third-order valence-electron chi connectivity index (χ3n) is 1.32. The molecule has 6 heteroatoms. The van der Waals surface area contributed by atoms with Crippen LogP contribution in [0.3, 0.4) is 0 Å². The average molecular weight is 274 g/mol. The molecule has 66 valence electrons. The van der Waals surface area contributed by atoms with Crippen molar-refractivity contribution < 1.29 is 42.5 Å². The first-order chi connectivity index (χ1) is 5.52. The molecule has 0 radical (unpaired) electrons. The Balaban J connectivity index is 0.00000144. The maximum atomic E-state index is 10.6. The minimum absolute atomic E-state index is 0. The van der Waals surface area contributed by atoms with Crippen LogP contribution in [-0.2, 0) is 10.1 Å². The molecule has 0 spiro atoms. The molecule has 0 aliphatic rings. The Bertz CT molecular complexity index is 351. The normalized spacial score (nSPS) is 13.1. The molecule has 0 saturated heterocycles. The van der Waals surface area contributed by atoms with E-state index in [4.69, 9.17) is 4.55 Å². The summed E-state index contributed by atoms with van der Waals surface area (Å²) in [5.74, 6) is 0. The van der Waals surface area contributed by atoms with E-state index in [-0.39, 0.29) is 29.6 Å². The van der Waals surface area contributed by atoms with Crippen molar-refractivity contribution in [2.45, 2.75) is 4.16 Å². The Labute approximate surface area is 108 Å². The first-order valence-electron chi connectivity index (χ1n) is 3.17. The zero-order valence-electron chi connectivity index (χ0n) is 7.01. The van der Waals surface area contributed by atoms with Crippen LogP contribution in [0.2, 0.25) is 0 Å². The van der Waals surface area contributed by atoms with E-state index in [9.17, 15) is 8.42 Å². The van der Waals surface area contributed by atoms with Crippen molar-refractivity contribution in [3.8, 4) is 0 Å². The Morgan fingerprint density at radius 1 is 1.23 bits per heavy atom. The minimum Gasteiger partial charge on any atom is -0.284 e. The minimum atomic E-state index is -4.04. The van der Waals surface area contributed by atoms with Gasteiger partial charge in [-0.15, -0.1) is 0 Å². The van der Waals surface area contributed by atoms with Crippen LogP contribution >= 0.6 is 15.9 Å². The predicted molar refractivity (Wildman–Crippen MR) is 49.7 cm³/mol. The summed E-state index contributed by atoms with van der Waals surface area (Å²) in [5, 5.41) is 0. The maximum absolute atomic E-state index is 10.6. The van der Waals surface area contributed by atoms with E-state index in [1.807, 2.05) is 0 Å². The van der Waals surface area contributed by atoms with Crippen LogP contribution in [0.1, 0.15) is 9.72 Å². The third-order valence-corrected chi connectivity index (χ3v) is 4.06. The summed E-state index contributed by atoms with van der Waals surface area (Å²) in [6.45, 7) is 0. The molecular weight excluding hydrogens is 267 g/mol. The molecule has 13 heavy (non-hydrogen) atoms. The van der Waals surface area contributed by atoms with Gasteiger partial charge in [0.2, 0.25) is 0 Å². The second kappa shape index (κ2) is 5.48. The second-order valence-electron chi connectivity index (χ2n) is 2.24. The smallest absolute Gasteiger partial charge is 0.284 e. The van der Waals surface area contributed by atoms with Crippen LogP contribution in [0.15, 0.2) is 30.3 Å². The van der Waals surface area contributed by atoms with E-state index in [1.165, 1.54) is 0 Å². The predicted octanol–water partition coefficient (Wildman–Crippen LogP) is -1.03. The SMILES string of the molecule is O=S(=O)(O)C(Br)c1ccccc1.[Na+]. The molecule has 1 aromatic rings. The molecule has 1 N–H and O–H groups in total. The molecule has 3 nitrogen and oxygen atoms in total. The maximum Gasteiger partial charge on any atom is 1.00 e. The van der Waals surface area contributed by atoms with Gasteiger partial charge in [-0.1, -0.05) is 46.3 Å². The van der Waals surface area contributed by atoms with Crippen LogP contribution in [0.5, 0.6) is 0 Å². The fraction of sp³-hybridized carbons (Fsp3) is 0.143. The van der Waals surface area contributed by atoms with E-state index >= 15 is 0 Å². The fourth-order valence-electron chi connectivity index (χ4n) is 0.776. The molecule has 1 aromatic carbocycles. The zero-order valence-corrected chi connectivity index (χ0v) is 11.4. The molecule has 1 unspecified atom stereocenters. The Morgan fingerprint density at radius 2 is 1.69 bits per heavy atom. The topological polar surface area (TPSA) is 54.4 Å². The van der Waals surface area contributed by atoms with Gasteiger partial charge in [0.05, 0.1) is 0 Å². The first-order valence-corrected chi connectivity index (χ1v) is 5.59. The molecule has 0 aromatic heterocycles. The van der Waals surface area contributed by atoms with Gasteiger partial charge in [-0.2, -0.15) is 8.42 Å². The molecular formula is C7H7BrNaO3S+. The Morgan fingerprint density at radius 3 is 2.08 bits per heavy atom. The molecule has 0 amide bonds. The van der Waals surface area contributed by atoms with Gasteiger partial charge in [-0.25, -0.2) is 0 Å². The van der Waals surface area contributed by atoms with Gasteiger partial charge in [-0.3, -0.25) is 4.55 Å². The quantitative estimate of drug-likeness (QED) is 0.426. The number of benzene rings is 1. The van der Waals surface area contributed by atoms with Gasteiger partial charge in [0.1, 0.15) is 0 Å². The zero-order chi connectivity index (χ0) is 9.19. The largest absolute Gasteiger partial charge is 1.00 e. The molecule has 0 aliphatic heterocycles. The van der Waals surface area contributed by atoms with Crippen molar-refractivity contribution in [3.63, 3.8) is 0 Å². The van der Waals surface area contributed by atoms with Gasteiger partial charge in [-0.05, 0) is 5.56 Å². The molecule has 1 atom stereocenters. The van der Waals surface area contributed by atoms with E-state index < -0.39 is 14.3 Å². The van der Waals surface area contributed by atoms with Gasteiger partial charge in [0.15, 0.2) is 4.16 Å². The molecule has 0 saturated carbocycles. The number of alkyl halides is 1. The standard InChI is InChI=1S/C7H7BrO3S.Na/c8-7(12(9,10)11)6-4-2-1-3-5-6;/h1-5,7H,(H,9,10,11);/q;+1. The van der Waals surface area contributed by atoms with Crippen LogP contribution < -0.4 is 29.6 Å². The van der Waals surface area contributed by atoms with E-state index in [2.05, 4.69) is 15.9 Å². The molecule has 0 aliphatic carbocycles. The summed E-state index contributed by atoms with van der Waals surface area (Å²) >= 11 is 2.87. The number of hydrogen-bond donors (Lipinski definition) is 1.